The van der Waals surface area contributed by atoms with Gasteiger partial charge in [-0.25, -0.2) is 4.79 Å². The van der Waals surface area contributed by atoms with Gasteiger partial charge in [-0.15, -0.1) is 0 Å². The third-order valence-electron chi connectivity index (χ3n) is 2.23. The average Bonchev–Trinajstić information content (AvgIpc) is 2.67. The second-order valence-corrected chi connectivity index (χ2v) is 3.96. The molecule has 1 fully saturated rings. The van der Waals surface area contributed by atoms with Crippen molar-refractivity contribution >= 4 is 23.3 Å². The van der Waals surface area contributed by atoms with E-state index in [2.05, 4.69) is 5.32 Å². The highest BCUT2D eigenvalue weighted by Crippen LogP contribution is 2.17. The minimum absolute atomic E-state index is 0.127. The van der Waals surface area contributed by atoms with Gasteiger partial charge >= 0.3 is 6.03 Å². The molecule has 1 aliphatic heterocycles. The van der Waals surface area contributed by atoms with Crippen LogP contribution in [0.15, 0.2) is 10.8 Å². The fraction of sp³-hybridized carbons (Fsp3) is 0.333. The molecular formula is C9H10N2O2S. The lowest BCUT2D eigenvalue weighted by atomic mass is 10.2. The fourth-order valence-corrected chi connectivity index (χ4v) is 2.18. The fourth-order valence-electron chi connectivity index (χ4n) is 1.33. The van der Waals surface area contributed by atoms with Crippen LogP contribution in [0.3, 0.4) is 0 Å². The van der Waals surface area contributed by atoms with Crippen LogP contribution in [0.4, 0.5) is 4.79 Å². The Morgan fingerprint density at radius 3 is 2.79 bits per heavy atom. The molecule has 0 aliphatic carbocycles. The third kappa shape index (κ3) is 1.50. The molecule has 0 unspecified atom stereocenters. The molecule has 0 aromatic carbocycles. The quantitative estimate of drug-likeness (QED) is 0.743. The lowest BCUT2D eigenvalue weighted by Crippen LogP contribution is -2.30. The molecule has 0 radical (unpaired) electrons. The Hall–Kier alpha value is -1.36. The summed E-state index contributed by atoms with van der Waals surface area (Å²) in [5, 5.41) is 6.47. The molecule has 2 rings (SSSR count). The van der Waals surface area contributed by atoms with E-state index in [-0.39, 0.29) is 18.5 Å². The molecule has 0 spiro atoms. The molecule has 1 aromatic rings. The highest BCUT2D eigenvalue weighted by atomic mass is 32.1. The third-order valence-corrected chi connectivity index (χ3v) is 3.14. The first-order valence-corrected chi connectivity index (χ1v) is 5.22. The van der Waals surface area contributed by atoms with Gasteiger partial charge in [0.05, 0.1) is 13.1 Å². The smallest absolute Gasteiger partial charge is 0.324 e. The molecule has 74 valence electrons. The van der Waals surface area contributed by atoms with Crippen molar-refractivity contribution in [1.29, 1.82) is 0 Å². The number of imide groups is 1. The van der Waals surface area contributed by atoms with Gasteiger partial charge in [-0.3, -0.25) is 9.69 Å². The Balaban J connectivity index is 2.15. The van der Waals surface area contributed by atoms with E-state index in [1.54, 1.807) is 11.3 Å². The van der Waals surface area contributed by atoms with E-state index in [9.17, 15) is 9.59 Å². The van der Waals surface area contributed by atoms with Gasteiger partial charge in [0.15, 0.2) is 0 Å². The molecule has 2 heterocycles. The Morgan fingerprint density at radius 1 is 1.50 bits per heavy atom. The molecular weight excluding hydrogens is 200 g/mol. The van der Waals surface area contributed by atoms with E-state index in [1.165, 1.54) is 4.90 Å². The summed E-state index contributed by atoms with van der Waals surface area (Å²) in [5.41, 5.74) is 2.17. The summed E-state index contributed by atoms with van der Waals surface area (Å²) in [6.07, 6.45) is 0. The average molecular weight is 210 g/mol. The minimum Gasteiger partial charge on any atom is -0.329 e. The number of aryl methyl sites for hydroxylation is 1. The maximum Gasteiger partial charge on any atom is 0.324 e. The molecule has 0 saturated carbocycles. The van der Waals surface area contributed by atoms with Crippen molar-refractivity contribution in [2.75, 3.05) is 6.54 Å². The highest BCUT2D eigenvalue weighted by molar-refractivity contribution is 7.08. The van der Waals surface area contributed by atoms with Gasteiger partial charge in [0, 0.05) is 0 Å². The number of hydrogen-bond donors (Lipinski definition) is 1. The highest BCUT2D eigenvalue weighted by Gasteiger charge is 2.28. The predicted molar refractivity (Wildman–Crippen MR) is 53.0 cm³/mol. The topological polar surface area (TPSA) is 49.4 Å². The van der Waals surface area contributed by atoms with Crippen LogP contribution >= 0.6 is 11.3 Å². The van der Waals surface area contributed by atoms with Gasteiger partial charge in [0.1, 0.15) is 0 Å². The maximum atomic E-state index is 11.3. The van der Waals surface area contributed by atoms with E-state index in [4.69, 9.17) is 0 Å². The number of nitrogens with zero attached hydrogens (tertiary/aromatic N) is 1. The van der Waals surface area contributed by atoms with Crippen LogP contribution < -0.4 is 5.32 Å². The standard InChI is InChI=1S/C9H10N2O2S/c1-6-4-14-5-7(6)3-11-8(12)2-10-9(11)13/h4-5H,2-3H2,1H3,(H,10,13). The number of rotatable bonds is 2. The molecule has 0 atom stereocenters. The second-order valence-electron chi connectivity index (χ2n) is 3.22. The first-order chi connectivity index (χ1) is 6.68. The largest absolute Gasteiger partial charge is 0.329 e. The van der Waals surface area contributed by atoms with Gasteiger partial charge in [0.2, 0.25) is 5.91 Å². The van der Waals surface area contributed by atoms with Crippen LogP contribution in [0.2, 0.25) is 0 Å². The molecule has 1 saturated heterocycles. The molecule has 3 amide bonds. The van der Waals surface area contributed by atoms with Crippen LogP contribution in [0.5, 0.6) is 0 Å². The molecule has 14 heavy (non-hydrogen) atoms. The normalized spacial score (nSPS) is 16.2. The Morgan fingerprint density at radius 2 is 2.29 bits per heavy atom. The van der Waals surface area contributed by atoms with Crippen molar-refractivity contribution < 1.29 is 9.59 Å². The summed E-state index contributed by atoms with van der Waals surface area (Å²) < 4.78 is 0. The first-order valence-electron chi connectivity index (χ1n) is 4.28. The maximum absolute atomic E-state index is 11.3. The van der Waals surface area contributed by atoms with Crippen molar-refractivity contribution in [2.45, 2.75) is 13.5 Å². The summed E-state index contributed by atoms with van der Waals surface area (Å²) >= 11 is 1.58. The number of hydrogen-bond acceptors (Lipinski definition) is 3. The number of urea groups is 1. The Labute approximate surface area is 85.5 Å². The summed E-state index contributed by atoms with van der Waals surface area (Å²) in [7, 11) is 0. The number of thiophene rings is 1. The van der Waals surface area contributed by atoms with E-state index in [0.717, 1.165) is 11.1 Å². The zero-order valence-corrected chi connectivity index (χ0v) is 8.56. The van der Waals surface area contributed by atoms with E-state index in [1.807, 2.05) is 17.7 Å². The summed E-state index contributed by atoms with van der Waals surface area (Å²) in [4.78, 5) is 23.7. The van der Waals surface area contributed by atoms with Crippen LogP contribution in [0, 0.1) is 6.92 Å². The number of amides is 3. The monoisotopic (exact) mass is 210 g/mol. The van der Waals surface area contributed by atoms with Crippen LogP contribution in [0.25, 0.3) is 0 Å². The van der Waals surface area contributed by atoms with Gasteiger partial charge in [-0.05, 0) is 28.8 Å². The van der Waals surface area contributed by atoms with Crippen LogP contribution in [-0.4, -0.2) is 23.4 Å². The zero-order valence-electron chi connectivity index (χ0n) is 7.74. The molecule has 4 nitrogen and oxygen atoms in total. The van der Waals surface area contributed by atoms with Gasteiger partial charge in [-0.1, -0.05) is 0 Å². The summed E-state index contributed by atoms with van der Waals surface area (Å²) in [5.74, 6) is -0.152. The molecule has 1 aliphatic rings. The molecule has 5 heteroatoms. The lowest BCUT2D eigenvalue weighted by molar-refractivity contribution is -0.125. The van der Waals surface area contributed by atoms with Crippen molar-refractivity contribution in [3.8, 4) is 0 Å². The Bertz CT molecular complexity index is 370. The number of carbonyl (C=O) groups is 2. The van der Waals surface area contributed by atoms with Crippen molar-refractivity contribution in [2.24, 2.45) is 0 Å². The SMILES string of the molecule is Cc1cscc1CN1C(=O)CNC1=O. The van der Waals surface area contributed by atoms with Crippen molar-refractivity contribution in [3.63, 3.8) is 0 Å². The second kappa shape index (κ2) is 3.42. The van der Waals surface area contributed by atoms with Crippen molar-refractivity contribution in [3.05, 3.63) is 21.9 Å². The van der Waals surface area contributed by atoms with Gasteiger partial charge in [-0.2, -0.15) is 11.3 Å². The summed E-state index contributed by atoms with van der Waals surface area (Å²) in [6, 6.07) is -0.291. The number of carbonyl (C=O) groups excluding carboxylic acids is 2. The molecule has 1 N–H and O–H groups in total. The Kier molecular flexibility index (Phi) is 2.25. The van der Waals surface area contributed by atoms with Crippen LogP contribution in [-0.2, 0) is 11.3 Å². The lowest BCUT2D eigenvalue weighted by Gasteiger charge is -2.11. The van der Waals surface area contributed by atoms with Gasteiger partial charge < -0.3 is 5.32 Å². The first kappa shape index (κ1) is 9.21. The summed E-state index contributed by atoms with van der Waals surface area (Å²) in [6.45, 7) is 2.49. The number of nitrogens with one attached hydrogen (secondary N) is 1. The predicted octanol–water partition coefficient (Wildman–Crippen LogP) is 1.11. The van der Waals surface area contributed by atoms with E-state index < -0.39 is 0 Å². The minimum atomic E-state index is -0.291. The molecule has 1 aromatic heterocycles. The van der Waals surface area contributed by atoms with Crippen LogP contribution in [0.1, 0.15) is 11.1 Å². The van der Waals surface area contributed by atoms with Gasteiger partial charge in [0.25, 0.3) is 0 Å². The van der Waals surface area contributed by atoms with Crippen molar-refractivity contribution in [1.82, 2.24) is 10.2 Å². The van der Waals surface area contributed by atoms with E-state index >= 15 is 0 Å². The van der Waals surface area contributed by atoms with E-state index in [0.29, 0.717) is 6.54 Å². The molecule has 0 bridgehead atoms. The zero-order chi connectivity index (χ0) is 10.1.